The summed E-state index contributed by atoms with van der Waals surface area (Å²) < 4.78 is 52.4. The van der Waals surface area contributed by atoms with Crippen LogP contribution in [0.25, 0.3) is 11.1 Å². The van der Waals surface area contributed by atoms with Crippen molar-refractivity contribution in [1.29, 1.82) is 5.26 Å². The number of amides is 1. The minimum Gasteiger partial charge on any atom is -0.489 e. The molecule has 0 bridgehead atoms. The van der Waals surface area contributed by atoms with Crippen LogP contribution in [0, 0.1) is 17.2 Å². The van der Waals surface area contributed by atoms with Gasteiger partial charge in [0.1, 0.15) is 29.5 Å². The number of alkyl halides is 3. The van der Waals surface area contributed by atoms with Crippen LogP contribution in [0.15, 0.2) is 60.8 Å². The molecule has 0 unspecified atom stereocenters. The molecule has 1 N–H and O–H groups in total. The van der Waals surface area contributed by atoms with E-state index < -0.39 is 6.36 Å². The second-order valence-corrected chi connectivity index (χ2v) is 9.24. The van der Waals surface area contributed by atoms with Gasteiger partial charge in [0.15, 0.2) is 0 Å². The Balaban J connectivity index is 1.22. The monoisotopic (exact) mass is 523 g/mol. The number of nitriles is 1. The number of pyridine rings is 1. The normalized spacial score (nSPS) is 19.3. The van der Waals surface area contributed by atoms with E-state index in [2.05, 4.69) is 21.1 Å². The summed E-state index contributed by atoms with van der Waals surface area (Å²) in [6.45, 7) is 1.28. The zero-order valence-corrected chi connectivity index (χ0v) is 20.2. The number of carbonyl (C=O) groups excluding carboxylic acids is 1. The average molecular weight is 524 g/mol. The summed E-state index contributed by atoms with van der Waals surface area (Å²) in [5, 5.41) is 12.5. The number of ether oxygens (including phenoxy) is 3. The molecule has 5 rings (SSSR count). The Morgan fingerprint density at radius 1 is 1.05 bits per heavy atom. The maximum atomic E-state index is 12.8. The Morgan fingerprint density at radius 3 is 2.50 bits per heavy atom. The minimum atomic E-state index is -4.75. The molecular weight excluding hydrogens is 499 g/mol. The molecule has 2 atom stereocenters. The number of aromatic nitrogens is 1. The van der Waals surface area contributed by atoms with Crippen LogP contribution in [-0.2, 0) is 9.53 Å². The summed E-state index contributed by atoms with van der Waals surface area (Å²) in [6.07, 6.45) is -1.01. The van der Waals surface area contributed by atoms with Gasteiger partial charge in [0.05, 0.1) is 18.8 Å². The number of nitrogens with zero attached hydrogens (tertiary/aromatic N) is 2. The molecule has 2 fully saturated rings. The molecule has 196 valence electrons. The minimum absolute atomic E-state index is 0.0156. The lowest BCUT2D eigenvalue weighted by atomic mass is 10.0. The Hall–Kier alpha value is -4.10. The molecule has 2 aromatic carbocycles. The van der Waals surface area contributed by atoms with Crippen LogP contribution < -0.4 is 14.8 Å². The molecule has 0 radical (unpaired) electrons. The second kappa shape index (κ2) is 10.7. The number of hydrogen-bond donors (Lipinski definition) is 1. The second-order valence-electron chi connectivity index (χ2n) is 9.24. The van der Waals surface area contributed by atoms with Crippen LogP contribution >= 0.6 is 0 Å². The fourth-order valence-electron chi connectivity index (χ4n) is 4.54. The van der Waals surface area contributed by atoms with E-state index in [-0.39, 0.29) is 29.6 Å². The Bertz CT molecular complexity index is 1350. The van der Waals surface area contributed by atoms with E-state index in [9.17, 15) is 23.2 Å². The molecule has 2 heterocycles. The summed E-state index contributed by atoms with van der Waals surface area (Å²) >= 11 is 0. The van der Waals surface area contributed by atoms with Crippen LogP contribution in [0.3, 0.4) is 0 Å². The highest BCUT2D eigenvalue weighted by atomic mass is 19.4. The van der Waals surface area contributed by atoms with Crippen molar-refractivity contribution in [3.8, 4) is 28.7 Å². The Morgan fingerprint density at radius 2 is 1.79 bits per heavy atom. The first kappa shape index (κ1) is 25.5. The van der Waals surface area contributed by atoms with Gasteiger partial charge in [0, 0.05) is 25.0 Å². The van der Waals surface area contributed by atoms with Gasteiger partial charge in [-0.05, 0) is 65.4 Å². The highest BCUT2D eigenvalue weighted by molar-refractivity contribution is 5.95. The van der Waals surface area contributed by atoms with Crippen LogP contribution in [0.1, 0.15) is 36.3 Å². The maximum absolute atomic E-state index is 12.8. The Labute approximate surface area is 217 Å². The van der Waals surface area contributed by atoms with Crippen LogP contribution in [0.2, 0.25) is 0 Å². The number of anilines is 1. The fraction of sp³-hybridized carbons (Fsp3) is 0.321. The van der Waals surface area contributed by atoms with Crippen molar-refractivity contribution >= 4 is 11.7 Å². The van der Waals surface area contributed by atoms with Crippen molar-refractivity contribution in [2.24, 2.45) is 5.92 Å². The maximum Gasteiger partial charge on any atom is 0.573 e. The largest absolute Gasteiger partial charge is 0.573 e. The quantitative estimate of drug-likeness (QED) is 0.420. The highest BCUT2D eigenvalue weighted by Crippen LogP contribution is 2.48. The van der Waals surface area contributed by atoms with Crippen molar-refractivity contribution in [3.05, 3.63) is 71.9 Å². The zero-order valence-electron chi connectivity index (χ0n) is 20.2. The third kappa shape index (κ3) is 6.23. The molecule has 10 heteroatoms. The third-order valence-corrected chi connectivity index (χ3v) is 6.58. The first-order valence-corrected chi connectivity index (χ1v) is 12.2. The molecule has 0 spiro atoms. The molecule has 7 nitrogen and oxygen atoms in total. The van der Waals surface area contributed by atoms with Gasteiger partial charge in [-0.2, -0.15) is 5.26 Å². The van der Waals surface area contributed by atoms with Crippen LogP contribution in [0.5, 0.6) is 11.5 Å². The molecule has 1 aliphatic heterocycles. The van der Waals surface area contributed by atoms with Gasteiger partial charge in [-0.15, -0.1) is 13.2 Å². The van der Waals surface area contributed by atoms with E-state index in [0.29, 0.717) is 36.8 Å². The van der Waals surface area contributed by atoms with Crippen LogP contribution in [-0.4, -0.2) is 36.6 Å². The number of rotatable bonds is 7. The number of benzene rings is 2. The standard InChI is InChI=1S/C28H24F3N3O4/c29-28(30,31)38-22-4-1-17(2-5-22)23-15-24(23)27(35)34-26-14-19(7-10-33-26)18-3-6-25(20(13-18)16-32)37-21-8-11-36-12-9-21/h1-7,10,13-14,21,23-24H,8-9,11-12,15H2,(H,33,34,35)/t23-,24+/m1/s1. The predicted octanol–water partition coefficient (Wildman–Crippen LogP) is 5.82. The molecule has 3 aromatic rings. The molecule has 2 aliphatic rings. The number of nitrogens with one attached hydrogen (secondary N) is 1. The van der Waals surface area contributed by atoms with Gasteiger partial charge >= 0.3 is 6.36 Å². The van der Waals surface area contributed by atoms with Gasteiger partial charge in [0.25, 0.3) is 0 Å². The number of hydrogen-bond acceptors (Lipinski definition) is 6. The predicted molar refractivity (Wildman–Crippen MR) is 131 cm³/mol. The van der Waals surface area contributed by atoms with Gasteiger partial charge in [-0.3, -0.25) is 4.79 Å². The molecule has 1 saturated heterocycles. The average Bonchev–Trinajstić information content (AvgIpc) is 3.71. The van der Waals surface area contributed by atoms with E-state index in [1.54, 1.807) is 42.6 Å². The first-order chi connectivity index (χ1) is 18.3. The first-order valence-electron chi connectivity index (χ1n) is 12.2. The van der Waals surface area contributed by atoms with Crippen LogP contribution in [0.4, 0.5) is 19.0 Å². The van der Waals surface area contributed by atoms with Gasteiger partial charge < -0.3 is 19.5 Å². The van der Waals surface area contributed by atoms with Crippen molar-refractivity contribution in [3.63, 3.8) is 0 Å². The summed E-state index contributed by atoms with van der Waals surface area (Å²) in [7, 11) is 0. The van der Waals surface area contributed by atoms with Crippen molar-refractivity contribution in [2.75, 3.05) is 18.5 Å². The van der Waals surface area contributed by atoms with E-state index in [0.717, 1.165) is 29.5 Å². The van der Waals surface area contributed by atoms with Gasteiger partial charge in [0.2, 0.25) is 5.91 Å². The van der Waals surface area contributed by atoms with Crippen molar-refractivity contribution < 1.29 is 32.2 Å². The smallest absolute Gasteiger partial charge is 0.489 e. The lowest BCUT2D eigenvalue weighted by molar-refractivity contribution is -0.274. The topological polar surface area (TPSA) is 93.5 Å². The molecule has 1 aliphatic carbocycles. The summed E-state index contributed by atoms with van der Waals surface area (Å²) in [5.74, 6) is -0.00213. The zero-order chi connectivity index (χ0) is 26.7. The molecule has 1 aromatic heterocycles. The number of carbonyl (C=O) groups is 1. The number of halogens is 3. The fourth-order valence-corrected chi connectivity index (χ4v) is 4.54. The SMILES string of the molecule is N#Cc1cc(-c2ccnc(NC(=O)[C@H]3C[C@@H]3c3ccc(OC(F)(F)F)cc3)c2)ccc1OC1CCOCC1. The van der Waals surface area contributed by atoms with Gasteiger partial charge in [-0.1, -0.05) is 18.2 Å². The highest BCUT2D eigenvalue weighted by Gasteiger charge is 2.44. The van der Waals surface area contributed by atoms with E-state index >= 15 is 0 Å². The molecule has 38 heavy (non-hydrogen) atoms. The third-order valence-electron chi connectivity index (χ3n) is 6.58. The summed E-state index contributed by atoms with van der Waals surface area (Å²) in [4.78, 5) is 17.0. The van der Waals surface area contributed by atoms with E-state index in [1.807, 2.05) is 6.07 Å². The van der Waals surface area contributed by atoms with E-state index in [1.165, 1.54) is 12.1 Å². The van der Waals surface area contributed by atoms with Crippen molar-refractivity contribution in [2.45, 2.75) is 37.6 Å². The molecule has 1 amide bonds. The molecular formula is C28H24F3N3O4. The summed E-state index contributed by atoms with van der Waals surface area (Å²) in [5.41, 5.74) is 2.75. The summed E-state index contributed by atoms with van der Waals surface area (Å²) in [6, 6.07) is 16.7. The van der Waals surface area contributed by atoms with Gasteiger partial charge in [-0.25, -0.2) is 4.98 Å². The van der Waals surface area contributed by atoms with Crippen molar-refractivity contribution in [1.82, 2.24) is 4.98 Å². The molecule has 1 saturated carbocycles. The van der Waals surface area contributed by atoms with E-state index in [4.69, 9.17) is 9.47 Å². The lowest BCUT2D eigenvalue weighted by Gasteiger charge is -2.23. The lowest BCUT2D eigenvalue weighted by Crippen LogP contribution is -2.26. The Kier molecular flexibility index (Phi) is 7.20.